The van der Waals surface area contributed by atoms with Gasteiger partial charge in [0.25, 0.3) is 6.47 Å². The third-order valence-electron chi connectivity index (χ3n) is 4.51. The van der Waals surface area contributed by atoms with Crippen LogP contribution in [0.15, 0.2) is 72.6 Å². The number of carbonyl (C=O) groups excluding carboxylic acids is 1. The van der Waals surface area contributed by atoms with E-state index in [0.717, 1.165) is 11.1 Å². The van der Waals surface area contributed by atoms with Gasteiger partial charge in [-0.15, -0.1) is 0 Å². The highest BCUT2D eigenvalue weighted by Crippen LogP contribution is 2.57. The van der Waals surface area contributed by atoms with E-state index >= 15 is 0 Å². The van der Waals surface area contributed by atoms with E-state index in [-0.39, 0.29) is 31.7 Å². The number of hydrogen-bond donors (Lipinski definition) is 0. The first kappa shape index (κ1) is 26.0. The van der Waals surface area contributed by atoms with Crippen LogP contribution in [0.25, 0.3) is 0 Å². The summed E-state index contributed by atoms with van der Waals surface area (Å²) in [6, 6.07) is 19.0. The van der Waals surface area contributed by atoms with Crippen molar-refractivity contribution in [2.45, 2.75) is 39.3 Å². The van der Waals surface area contributed by atoms with Gasteiger partial charge in [-0.25, -0.2) is 0 Å². The first-order valence-electron chi connectivity index (χ1n) is 10.5. The van der Waals surface area contributed by atoms with Crippen LogP contribution in [-0.2, 0) is 45.8 Å². The monoisotopic (exact) mass is 462 g/mol. The van der Waals surface area contributed by atoms with Gasteiger partial charge in [0.15, 0.2) is 6.10 Å². The molecule has 0 heterocycles. The molecule has 2 aromatic rings. The topological polar surface area (TPSA) is 80.3 Å². The van der Waals surface area contributed by atoms with E-state index in [1.54, 1.807) is 13.8 Å². The minimum atomic E-state index is -3.73. The molecule has 0 amide bonds. The third-order valence-corrected chi connectivity index (χ3v) is 6.67. The van der Waals surface area contributed by atoms with Crippen LogP contribution in [0, 0.1) is 0 Å². The average Bonchev–Trinajstić information content (AvgIpc) is 2.80. The van der Waals surface area contributed by atoms with Crippen LogP contribution < -0.4 is 0 Å². The Morgan fingerprint density at radius 2 is 1.47 bits per heavy atom. The summed E-state index contributed by atoms with van der Waals surface area (Å²) in [7, 11) is -3.73. The van der Waals surface area contributed by atoms with Crippen molar-refractivity contribution in [3.8, 4) is 0 Å². The summed E-state index contributed by atoms with van der Waals surface area (Å²) in [5, 5.41) is 0.0762. The lowest BCUT2D eigenvalue weighted by Gasteiger charge is -2.30. The van der Waals surface area contributed by atoms with Crippen molar-refractivity contribution in [2.24, 2.45) is 0 Å². The van der Waals surface area contributed by atoms with Crippen LogP contribution in [0.1, 0.15) is 25.0 Å². The standard InChI is InChI=1S/C24H31O7P/c1-4-30-32(26,31-5-2)20(3)24(28-17-22-14-10-7-11-15-22)23(29-19-25)18-27-16-21-12-8-6-9-13-21/h6-15,19,23-24H,3-5,16-18H2,1-2H3/t23-,24+/m1/s1. The highest BCUT2D eigenvalue weighted by Gasteiger charge is 2.39. The first-order valence-corrected chi connectivity index (χ1v) is 12.0. The van der Waals surface area contributed by atoms with Gasteiger partial charge >= 0.3 is 7.60 Å². The van der Waals surface area contributed by atoms with Crippen molar-refractivity contribution < 1.29 is 32.6 Å². The lowest BCUT2D eigenvalue weighted by Crippen LogP contribution is -2.37. The van der Waals surface area contributed by atoms with E-state index in [4.69, 9.17) is 23.3 Å². The molecule has 0 aliphatic heterocycles. The first-order chi connectivity index (χ1) is 15.5. The molecular formula is C24H31O7P. The maximum absolute atomic E-state index is 13.4. The molecule has 0 aliphatic rings. The lowest BCUT2D eigenvalue weighted by atomic mass is 10.2. The summed E-state index contributed by atoms with van der Waals surface area (Å²) in [5.74, 6) is 0. The zero-order valence-corrected chi connectivity index (χ0v) is 19.4. The number of carbonyl (C=O) groups is 1. The number of ether oxygens (including phenoxy) is 3. The van der Waals surface area contributed by atoms with Gasteiger partial charge in [-0.2, -0.15) is 0 Å². The molecule has 0 spiro atoms. The van der Waals surface area contributed by atoms with Gasteiger partial charge in [-0.3, -0.25) is 9.36 Å². The normalized spacial score (nSPS) is 13.3. The van der Waals surface area contributed by atoms with Crippen LogP contribution >= 0.6 is 7.60 Å². The van der Waals surface area contributed by atoms with Crippen LogP contribution in [0.5, 0.6) is 0 Å². The molecule has 2 rings (SSSR count). The number of rotatable bonds is 16. The van der Waals surface area contributed by atoms with Gasteiger partial charge in [-0.1, -0.05) is 67.2 Å². The smallest absolute Gasteiger partial charge is 0.359 e. The van der Waals surface area contributed by atoms with Crippen molar-refractivity contribution in [1.29, 1.82) is 0 Å². The maximum atomic E-state index is 13.4. The number of benzene rings is 2. The fourth-order valence-electron chi connectivity index (χ4n) is 3.01. The van der Waals surface area contributed by atoms with Gasteiger partial charge in [0, 0.05) is 0 Å². The van der Waals surface area contributed by atoms with Crippen molar-refractivity contribution >= 4 is 14.1 Å². The maximum Gasteiger partial charge on any atom is 0.359 e. The fraction of sp³-hybridized carbons (Fsp3) is 0.375. The minimum Gasteiger partial charge on any atom is -0.459 e. The highest BCUT2D eigenvalue weighted by atomic mass is 31.2. The number of hydrogen-bond acceptors (Lipinski definition) is 7. The van der Waals surface area contributed by atoms with Gasteiger partial charge in [-0.05, 0) is 25.0 Å². The Labute approximate surface area is 189 Å². The molecule has 0 saturated carbocycles. The Morgan fingerprint density at radius 3 is 1.97 bits per heavy atom. The van der Waals surface area contributed by atoms with Crippen LogP contribution in [0.4, 0.5) is 0 Å². The molecule has 174 valence electrons. The molecule has 8 heteroatoms. The van der Waals surface area contributed by atoms with E-state index in [0.29, 0.717) is 13.1 Å². The quantitative estimate of drug-likeness (QED) is 0.253. The lowest BCUT2D eigenvalue weighted by molar-refractivity contribution is -0.146. The molecule has 2 aromatic carbocycles. The molecule has 0 aliphatic carbocycles. The summed E-state index contributed by atoms with van der Waals surface area (Å²) < 4.78 is 41.3. The Hall–Kier alpha value is -2.28. The largest absolute Gasteiger partial charge is 0.459 e. The predicted molar refractivity (Wildman–Crippen MR) is 122 cm³/mol. The highest BCUT2D eigenvalue weighted by molar-refractivity contribution is 7.58. The van der Waals surface area contributed by atoms with Gasteiger partial charge in [0.1, 0.15) is 6.10 Å². The van der Waals surface area contributed by atoms with E-state index < -0.39 is 19.8 Å². The van der Waals surface area contributed by atoms with E-state index in [1.807, 2.05) is 60.7 Å². The van der Waals surface area contributed by atoms with Crippen LogP contribution in [-0.4, -0.2) is 38.5 Å². The second kappa shape index (κ2) is 14.0. The minimum absolute atomic E-state index is 0.00433. The molecule has 0 radical (unpaired) electrons. The summed E-state index contributed by atoms with van der Waals surface area (Å²) in [5.41, 5.74) is 1.86. The van der Waals surface area contributed by atoms with E-state index in [9.17, 15) is 9.36 Å². The molecule has 0 saturated heterocycles. The summed E-state index contributed by atoms with van der Waals surface area (Å²) in [6.45, 7) is 8.50. The third kappa shape index (κ3) is 8.01. The van der Waals surface area contributed by atoms with Crippen LogP contribution in [0.3, 0.4) is 0 Å². The van der Waals surface area contributed by atoms with Crippen molar-refractivity contribution in [3.63, 3.8) is 0 Å². The molecule has 0 unspecified atom stereocenters. The van der Waals surface area contributed by atoms with Crippen molar-refractivity contribution in [3.05, 3.63) is 83.7 Å². The zero-order valence-electron chi connectivity index (χ0n) is 18.6. The molecule has 0 fully saturated rings. The summed E-state index contributed by atoms with van der Waals surface area (Å²) >= 11 is 0. The van der Waals surface area contributed by atoms with E-state index in [2.05, 4.69) is 6.58 Å². The Morgan fingerprint density at radius 1 is 0.938 bits per heavy atom. The van der Waals surface area contributed by atoms with E-state index in [1.165, 1.54) is 0 Å². The zero-order chi connectivity index (χ0) is 23.2. The Kier molecular flexibility index (Phi) is 11.4. The molecule has 0 aromatic heterocycles. The fourth-order valence-corrected chi connectivity index (χ4v) is 4.65. The van der Waals surface area contributed by atoms with Gasteiger partial charge in [0.2, 0.25) is 0 Å². The predicted octanol–water partition coefficient (Wildman–Crippen LogP) is 5.11. The van der Waals surface area contributed by atoms with Gasteiger partial charge < -0.3 is 23.3 Å². The molecule has 0 N–H and O–H groups in total. The SMILES string of the molecule is C=C([C@H](OCc1ccccc1)[C@@H](COCc1ccccc1)OC=O)P(=O)(OCC)OCC. The molecule has 0 bridgehead atoms. The van der Waals surface area contributed by atoms with Crippen LogP contribution in [0.2, 0.25) is 0 Å². The molecule has 2 atom stereocenters. The summed E-state index contributed by atoms with van der Waals surface area (Å²) in [6.07, 6.45) is -1.87. The average molecular weight is 462 g/mol. The molecule has 7 nitrogen and oxygen atoms in total. The molecular weight excluding hydrogens is 431 g/mol. The summed E-state index contributed by atoms with van der Waals surface area (Å²) in [4.78, 5) is 11.3. The van der Waals surface area contributed by atoms with Crippen molar-refractivity contribution in [1.82, 2.24) is 0 Å². The second-order valence-corrected chi connectivity index (χ2v) is 8.90. The Bertz CT molecular complexity index is 847. The molecule has 32 heavy (non-hydrogen) atoms. The van der Waals surface area contributed by atoms with Gasteiger partial charge in [0.05, 0.1) is 38.3 Å². The van der Waals surface area contributed by atoms with Crippen molar-refractivity contribution in [2.75, 3.05) is 19.8 Å². The Balaban J connectivity index is 2.21. The second-order valence-electron chi connectivity index (χ2n) is 6.81.